The van der Waals surface area contributed by atoms with E-state index in [9.17, 15) is 0 Å². The molecule has 2 aromatic heterocycles. The first-order chi connectivity index (χ1) is 22.8. The van der Waals surface area contributed by atoms with Crippen LogP contribution in [0.5, 0.6) is 0 Å². The third kappa shape index (κ3) is 4.35. The van der Waals surface area contributed by atoms with Gasteiger partial charge in [-0.05, 0) is 94.0 Å². The highest BCUT2D eigenvalue weighted by Crippen LogP contribution is 2.39. The fraction of sp³-hybridized carbons (Fsp3) is 0. The van der Waals surface area contributed by atoms with Crippen molar-refractivity contribution in [2.45, 2.75) is 0 Å². The molecule has 0 spiro atoms. The Morgan fingerprint density at radius 2 is 0.870 bits per heavy atom. The lowest BCUT2D eigenvalue weighted by atomic mass is 9.93. The number of fused-ring (bicyclic) bond motifs is 5. The summed E-state index contributed by atoms with van der Waals surface area (Å²) in [6, 6.07) is 63.5. The summed E-state index contributed by atoms with van der Waals surface area (Å²) >= 11 is 0. The first kappa shape index (κ1) is 26.3. The van der Waals surface area contributed by atoms with Gasteiger partial charge in [0.15, 0.2) is 0 Å². The number of aromatic nitrogens is 2. The molecular weight excluding hydrogens is 556 g/mol. The van der Waals surface area contributed by atoms with Crippen LogP contribution in [0.3, 0.4) is 0 Å². The highest BCUT2D eigenvalue weighted by Gasteiger charge is 2.17. The van der Waals surface area contributed by atoms with Crippen molar-refractivity contribution in [3.63, 3.8) is 0 Å². The second-order valence-corrected chi connectivity index (χ2v) is 11.8. The van der Waals surface area contributed by atoms with Gasteiger partial charge in [-0.2, -0.15) is 0 Å². The number of para-hydroxylation sites is 2. The van der Waals surface area contributed by atoms with Gasteiger partial charge in [0.2, 0.25) is 0 Å². The van der Waals surface area contributed by atoms with Crippen LogP contribution in [0, 0.1) is 0 Å². The minimum Gasteiger partial charge on any atom is -0.316 e. The second kappa shape index (κ2) is 10.8. The van der Waals surface area contributed by atoms with Gasteiger partial charge in [-0.25, -0.2) is 0 Å². The maximum absolute atomic E-state index is 2.45. The topological polar surface area (TPSA) is 9.86 Å². The van der Waals surface area contributed by atoms with E-state index < -0.39 is 0 Å². The van der Waals surface area contributed by atoms with Crippen LogP contribution in [-0.4, -0.2) is 9.13 Å². The van der Waals surface area contributed by atoms with Crippen LogP contribution >= 0.6 is 0 Å². The van der Waals surface area contributed by atoms with Gasteiger partial charge in [0.05, 0.1) is 16.6 Å². The molecule has 9 rings (SSSR count). The molecule has 0 saturated carbocycles. The van der Waals surface area contributed by atoms with Gasteiger partial charge in [0, 0.05) is 33.7 Å². The Kier molecular flexibility index (Phi) is 6.17. The summed E-state index contributed by atoms with van der Waals surface area (Å²) in [5, 5.41) is 3.76. The molecule has 2 nitrogen and oxygen atoms in total. The van der Waals surface area contributed by atoms with E-state index in [4.69, 9.17) is 0 Å². The molecule has 0 bridgehead atoms. The predicted octanol–water partition coefficient (Wildman–Crippen LogP) is 11.7. The molecule has 0 amide bonds. The quantitative estimate of drug-likeness (QED) is 0.190. The Morgan fingerprint density at radius 1 is 0.304 bits per heavy atom. The van der Waals surface area contributed by atoms with Crippen molar-refractivity contribution in [2.24, 2.45) is 0 Å². The maximum atomic E-state index is 2.45. The Bertz CT molecular complexity index is 2440. The van der Waals surface area contributed by atoms with E-state index in [0.717, 1.165) is 11.4 Å². The normalized spacial score (nSPS) is 11.5. The van der Waals surface area contributed by atoms with Gasteiger partial charge in [-0.15, -0.1) is 0 Å². The minimum atomic E-state index is 1.15. The van der Waals surface area contributed by atoms with Gasteiger partial charge in [0.1, 0.15) is 0 Å². The standard InChI is InChI=1S/C44H30N2/c1-4-13-31(14-5-1)34-27-35(32-15-6-2-7-16-32)29-36(28-34)33-17-12-20-38(30-33)46-43-22-11-10-21-39(43)40-23-24-42-41(44(40)46)25-26-45(42)37-18-8-3-9-19-37/h1-30H. The highest BCUT2D eigenvalue weighted by atomic mass is 15.0. The highest BCUT2D eigenvalue weighted by molar-refractivity contribution is 6.18. The van der Waals surface area contributed by atoms with Crippen LogP contribution in [0.1, 0.15) is 0 Å². The predicted molar refractivity (Wildman–Crippen MR) is 194 cm³/mol. The van der Waals surface area contributed by atoms with E-state index in [0.29, 0.717) is 0 Å². The third-order valence-corrected chi connectivity index (χ3v) is 9.12. The van der Waals surface area contributed by atoms with Gasteiger partial charge >= 0.3 is 0 Å². The molecule has 0 aliphatic heterocycles. The Labute approximate surface area is 268 Å². The minimum absolute atomic E-state index is 1.15. The molecule has 0 aliphatic carbocycles. The van der Waals surface area contributed by atoms with Gasteiger partial charge in [0.25, 0.3) is 0 Å². The Balaban J connectivity index is 1.27. The third-order valence-electron chi connectivity index (χ3n) is 9.12. The zero-order valence-corrected chi connectivity index (χ0v) is 25.2. The summed E-state index contributed by atoms with van der Waals surface area (Å²) in [6.07, 6.45) is 2.19. The molecule has 0 radical (unpaired) electrons. The van der Waals surface area contributed by atoms with Crippen molar-refractivity contribution in [1.82, 2.24) is 9.13 Å². The first-order valence-corrected chi connectivity index (χ1v) is 15.8. The summed E-state index contributed by atoms with van der Waals surface area (Å²) in [6.45, 7) is 0. The molecule has 0 saturated heterocycles. The largest absolute Gasteiger partial charge is 0.316 e. The number of hydrogen-bond acceptors (Lipinski definition) is 0. The van der Waals surface area contributed by atoms with Crippen molar-refractivity contribution in [2.75, 3.05) is 0 Å². The molecule has 2 heterocycles. The molecule has 2 heteroatoms. The van der Waals surface area contributed by atoms with Gasteiger partial charge in [-0.1, -0.05) is 115 Å². The smallest absolute Gasteiger partial charge is 0.0635 e. The van der Waals surface area contributed by atoms with Crippen molar-refractivity contribution in [1.29, 1.82) is 0 Å². The molecule has 0 atom stereocenters. The Hall–Kier alpha value is -6.12. The van der Waals surface area contributed by atoms with Crippen molar-refractivity contribution in [3.8, 4) is 44.8 Å². The van der Waals surface area contributed by atoms with Crippen LogP contribution < -0.4 is 0 Å². The van der Waals surface area contributed by atoms with Crippen molar-refractivity contribution >= 4 is 32.7 Å². The molecule has 216 valence electrons. The van der Waals surface area contributed by atoms with Gasteiger partial charge in [-0.3, -0.25) is 0 Å². The van der Waals surface area contributed by atoms with Crippen LogP contribution in [0.15, 0.2) is 182 Å². The van der Waals surface area contributed by atoms with E-state index in [-0.39, 0.29) is 0 Å². The molecule has 9 aromatic rings. The fourth-order valence-corrected chi connectivity index (χ4v) is 6.97. The molecule has 0 aliphatic rings. The average molecular weight is 587 g/mol. The number of nitrogens with zero attached hydrogens (tertiary/aromatic N) is 2. The number of benzene rings is 7. The van der Waals surface area contributed by atoms with Crippen molar-refractivity contribution in [3.05, 3.63) is 182 Å². The first-order valence-electron chi connectivity index (χ1n) is 15.8. The molecule has 0 unspecified atom stereocenters. The summed E-state index contributed by atoms with van der Waals surface area (Å²) in [5.74, 6) is 0. The lowest BCUT2D eigenvalue weighted by Crippen LogP contribution is -1.96. The molecular formula is C44H30N2. The SMILES string of the molecule is c1ccc(-c2cc(-c3ccccc3)cc(-c3cccc(-n4c5ccccc5c5ccc6c(ccn6-c6ccccc6)c54)c3)c2)cc1. The van der Waals surface area contributed by atoms with Crippen LogP contribution in [0.25, 0.3) is 77.5 Å². The lowest BCUT2D eigenvalue weighted by molar-refractivity contribution is 1.13. The number of hydrogen-bond donors (Lipinski definition) is 0. The molecule has 7 aromatic carbocycles. The second-order valence-electron chi connectivity index (χ2n) is 11.8. The van der Waals surface area contributed by atoms with Crippen LogP contribution in [-0.2, 0) is 0 Å². The number of rotatable bonds is 5. The summed E-state index contributed by atoms with van der Waals surface area (Å²) < 4.78 is 4.73. The monoisotopic (exact) mass is 586 g/mol. The van der Waals surface area contributed by atoms with E-state index in [1.165, 1.54) is 66.1 Å². The maximum Gasteiger partial charge on any atom is 0.0635 e. The zero-order valence-electron chi connectivity index (χ0n) is 25.2. The van der Waals surface area contributed by atoms with E-state index in [1.54, 1.807) is 0 Å². The molecule has 0 N–H and O–H groups in total. The van der Waals surface area contributed by atoms with E-state index >= 15 is 0 Å². The van der Waals surface area contributed by atoms with Gasteiger partial charge < -0.3 is 9.13 Å². The van der Waals surface area contributed by atoms with Crippen molar-refractivity contribution < 1.29 is 0 Å². The fourth-order valence-electron chi connectivity index (χ4n) is 6.97. The zero-order chi connectivity index (χ0) is 30.5. The summed E-state index contributed by atoms with van der Waals surface area (Å²) in [7, 11) is 0. The molecule has 46 heavy (non-hydrogen) atoms. The molecule has 0 fully saturated rings. The van der Waals surface area contributed by atoms with Crippen LogP contribution in [0.2, 0.25) is 0 Å². The van der Waals surface area contributed by atoms with E-state index in [2.05, 4.69) is 191 Å². The van der Waals surface area contributed by atoms with Crippen LogP contribution in [0.4, 0.5) is 0 Å². The Morgan fingerprint density at radius 3 is 1.57 bits per heavy atom. The average Bonchev–Trinajstić information content (AvgIpc) is 3.72. The van der Waals surface area contributed by atoms with E-state index in [1.807, 2.05) is 0 Å². The summed E-state index contributed by atoms with van der Waals surface area (Å²) in [5.41, 5.74) is 13.2. The lowest BCUT2D eigenvalue weighted by Gasteiger charge is -2.14. The summed E-state index contributed by atoms with van der Waals surface area (Å²) in [4.78, 5) is 0.